The zero-order chi connectivity index (χ0) is 16.4. The maximum atomic E-state index is 4.55. The van der Waals surface area contributed by atoms with Crippen molar-refractivity contribution in [1.82, 2.24) is 15.1 Å². The molecule has 0 bridgehead atoms. The molecule has 1 saturated heterocycles. The van der Waals surface area contributed by atoms with E-state index in [9.17, 15) is 0 Å². The summed E-state index contributed by atoms with van der Waals surface area (Å²) >= 11 is 1.92. The molecule has 0 radical (unpaired) electrons. The molecule has 1 spiro atoms. The Bertz CT molecular complexity index is 588. The Kier molecular flexibility index (Phi) is 4.81. The van der Waals surface area contributed by atoms with Gasteiger partial charge >= 0.3 is 0 Å². The molecular formula is C19H30N4S. The molecule has 2 fully saturated rings. The molecule has 1 saturated carbocycles. The molecule has 0 amide bonds. The second-order valence-corrected chi connectivity index (χ2v) is 8.75. The van der Waals surface area contributed by atoms with E-state index in [1.807, 2.05) is 18.4 Å². The first kappa shape index (κ1) is 16.4. The lowest BCUT2D eigenvalue weighted by Crippen LogP contribution is -2.44. The molecule has 132 valence electrons. The first-order chi connectivity index (χ1) is 11.8. The molecule has 0 unspecified atom stereocenters. The lowest BCUT2D eigenvalue weighted by molar-refractivity contribution is 0.258. The molecule has 0 aromatic carbocycles. The Morgan fingerprint density at radius 3 is 3.00 bits per heavy atom. The van der Waals surface area contributed by atoms with Gasteiger partial charge in [0.1, 0.15) is 0 Å². The van der Waals surface area contributed by atoms with E-state index in [1.165, 1.54) is 58.2 Å². The van der Waals surface area contributed by atoms with Crippen LogP contribution in [0.3, 0.4) is 0 Å². The maximum Gasteiger partial charge on any atom is 0.193 e. The van der Waals surface area contributed by atoms with Gasteiger partial charge in [0, 0.05) is 51.2 Å². The largest absolute Gasteiger partial charge is 0.355 e. The van der Waals surface area contributed by atoms with Gasteiger partial charge in [-0.05, 0) is 48.1 Å². The van der Waals surface area contributed by atoms with Crippen molar-refractivity contribution in [2.24, 2.45) is 10.4 Å². The number of rotatable bonds is 3. The molecule has 1 N–H and O–H groups in total. The molecule has 0 atom stereocenters. The van der Waals surface area contributed by atoms with E-state index >= 15 is 0 Å². The Balaban J connectivity index is 1.25. The predicted molar refractivity (Wildman–Crippen MR) is 102 cm³/mol. The number of hydrogen-bond donors (Lipinski definition) is 1. The molecule has 1 aromatic heterocycles. The van der Waals surface area contributed by atoms with Gasteiger partial charge in [0.05, 0.1) is 0 Å². The van der Waals surface area contributed by atoms with Crippen LogP contribution in [0.25, 0.3) is 0 Å². The number of guanidine groups is 1. The summed E-state index contributed by atoms with van der Waals surface area (Å²) in [5.74, 6) is 1.12. The van der Waals surface area contributed by atoms with Gasteiger partial charge in [0.2, 0.25) is 0 Å². The van der Waals surface area contributed by atoms with Gasteiger partial charge in [-0.3, -0.25) is 9.89 Å². The van der Waals surface area contributed by atoms with Gasteiger partial charge in [-0.2, -0.15) is 0 Å². The fourth-order valence-electron chi connectivity index (χ4n) is 4.80. The third kappa shape index (κ3) is 3.33. The topological polar surface area (TPSA) is 30.9 Å². The van der Waals surface area contributed by atoms with Crippen molar-refractivity contribution < 1.29 is 0 Å². The van der Waals surface area contributed by atoms with E-state index in [1.54, 1.807) is 10.4 Å². The molecule has 3 heterocycles. The van der Waals surface area contributed by atoms with Crippen LogP contribution in [0.4, 0.5) is 0 Å². The SMILES string of the molecule is CN=C(NCCN1CCc2sccc2C1)N1CCC2(CCCC2)C1. The second kappa shape index (κ2) is 7.04. The third-order valence-corrected chi connectivity index (χ3v) is 7.23. The van der Waals surface area contributed by atoms with Crippen molar-refractivity contribution in [2.45, 2.75) is 45.1 Å². The summed E-state index contributed by atoms with van der Waals surface area (Å²) in [5, 5.41) is 5.86. The number of likely N-dealkylation sites (tertiary alicyclic amines) is 1. The normalized spacial score (nSPS) is 23.9. The van der Waals surface area contributed by atoms with Crippen molar-refractivity contribution in [3.63, 3.8) is 0 Å². The monoisotopic (exact) mass is 346 g/mol. The highest BCUT2D eigenvalue weighted by Gasteiger charge is 2.41. The number of aliphatic imine (C=N–C) groups is 1. The minimum absolute atomic E-state index is 0.611. The van der Waals surface area contributed by atoms with Gasteiger partial charge < -0.3 is 10.2 Å². The standard InChI is InChI=1S/C19H30N4S/c1-20-18(23-11-8-19(15-23)6-2-3-7-19)21-9-12-22-10-4-17-16(14-22)5-13-24-17/h5,13H,2-4,6-12,14-15H2,1H3,(H,20,21). The Labute approximate surface area is 149 Å². The molecule has 1 aromatic rings. The van der Waals surface area contributed by atoms with Crippen molar-refractivity contribution in [3.05, 3.63) is 21.9 Å². The van der Waals surface area contributed by atoms with Crippen LogP contribution in [0.2, 0.25) is 0 Å². The quantitative estimate of drug-likeness (QED) is 0.674. The molecule has 2 aliphatic heterocycles. The van der Waals surface area contributed by atoms with Crippen LogP contribution in [0.15, 0.2) is 16.4 Å². The van der Waals surface area contributed by atoms with E-state index in [0.717, 1.165) is 25.6 Å². The summed E-state index contributed by atoms with van der Waals surface area (Å²) < 4.78 is 0. The first-order valence-electron chi connectivity index (χ1n) is 9.51. The number of nitrogens with one attached hydrogen (secondary N) is 1. The van der Waals surface area contributed by atoms with E-state index < -0.39 is 0 Å². The highest BCUT2D eigenvalue weighted by Crippen LogP contribution is 2.45. The fourth-order valence-corrected chi connectivity index (χ4v) is 5.69. The number of fused-ring (bicyclic) bond motifs is 1. The lowest BCUT2D eigenvalue weighted by Gasteiger charge is -2.29. The van der Waals surface area contributed by atoms with E-state index in [0.29, 0.717) is 5.41 Å². The third-order valence-electron chi connectivity index (χ3n) is 6.21. The summed E-state index contributed by atoms with van der Waals surface area (Å²) in [7, 11) is 1.93. The molecular weight excluding hydrogens is 316 g/mol. The molecule has 4 nitrogen and oxygen atoms in total. The van der Waals surface area contributed by atoms with Gasteiger partial charge in [-0.15, -0.1) is 11.3 Å². The molecule has 24 heavy (non-hydrogen) atoms. The van der Waals surface area contributed by atoms with Crippen LogP contribution in [-0.4, -0.2) is 55.5 Å². The minimum Gasteiger partial charge on any atom is -0.355 e. The molecule has 4 rings (SSSR count). The smallest absolute Gasteiger partial charge is 0.193 e. The van der Waals surface area contributed by atoms with Crippen LogP contribution in [0.5, 0.6) is 0 Å². The van der Waals surface area contributed by atoms with Crippen LogP contribution < -0.4 is 5.32 Å². The van der Waals surface area contributed by atoms with Gasteiger partial charge in [-0.1, -0.05) is 12.8 Å². The number of thiophene rings is 1. The van der Waals surface area contributed by atoms with E-state index in [2.05, 4.69) is 31.6 Å². The molecule has 1 aliphatic carbocycles. The molecule has 5 heteroatoms. The fraction of sp³-hybridized carbons (Fsp3) is 0.737. The van der Waals surface area contributed by atoms with E-state index in [-0.39, 0.29) is 0 Å². The highest BCUT2D eigenvalue weighted by molar-refractivity contribution is 7.10. The van der Waals surface area contributed by atoms with Crippen molar-refractivity contribution in [2.75, 3.05) is 39.8 Å². The highest BCUT2D eigenvalue weighted by atomic mass is 32.1. The van der Waals surface area contributed by atoms with Gasteiger partial charge in [-0.25, -0.2) is 0 Å². The summed E-state index contributed by atoms with van der Waals surface area (Å²) in [5.41, 5.74) is 2.15. The lowest BCUT2D eigenvalue weighted by atomic mass is 9.86. The zero-order valence-electron chi connectivity index (χ0n) is 14.9. The van der Waals surface area contributed by atoms with Gasteiger partial charge in [0.25, 0.3) is 0 Å². The maximum absolute atomic E-state index is 4.55. The number of hydrogen-bond acceptors (Lipinski definition) is 3. The van der Waals surface area contributed by atoms with Crippen LogP contribution >= 0.6 is 11.3 Å². The Morgan fingerprint density at radius 2 is 2.17 bits per heavy atom. The van der Waals surface area contributed by atoms with Crippen LogP contribution in [-0.2, 0) is 13.0 Å². The average molecular weight is 347 g/mol. The molecule has 3 aliphatic rings. The summed E-state index contributed by atoms with van der Waals surface area (Å²) in [6.07, 6.45) is 8.30. The van der Waals surface area contributed by atoms with Crippen LogP contribution in [0.1, 0.15) is 42.5 Å². The van der Waals surface area contributed by atoms with Crippen molar-refractivity contribution in [3.8, 4) is 0 Å². The second-order valence-electron chi connectivity index (χ2n) is 7.75. The minimum atomic E-state index is 0.611. The number of nitrogens with zero attached hydrogens (tertiary/aromatic N) is 3. The Morgan fingerprint density at radius 1 is 1.29 bits per heavy atom. The van der Waals surface area contributed by atoms with E-state index in [4.69, 9.17) is 0 Å². The Hall–Kier alpha value is -1.07. The summed E-state index contributed by atoms with van der Waals surface area (Å²) in [4.78, 5) is 11.2. The average Bonchev–Trinajstić information content (AvgIpc) is 3.33. The predicted octanol–water partition coefficient (Wildman–Crippen LogP) is 2.95. The zero-order valence-corrected chi connectivity index (χ0v) is 15.7. The summed E-state index contributed by atoms with van der Waals surface area (Å²) in [6.45, 7) is 6.81. The first-order valence-corrected chi connectivity index (χ1v) is 10.4. The van der Waals surface area contributed by atoms with Crippen molar-refractivity contribution in [1.29, 1.82) is 0 Å². The van der Waals surface area contributed by atoms with Gasteiger partial charge in [0.15, 0.2) is 5.96 Å². The van der Waals surface area contributed by atoms with Crippen LogP contribution in [0, 0.1) is 5.41 Å². The summed E-state index contributed by atoms with van der Waals surface area (Å²) in [6, 6.07) is 2.30. The van der Waals surface area contributed by atoms with Crippen molar-refractivity contribution >= 4 is 17.3 Å².